The number of carbonyl (C=O) groups excluding carboxylic acids is 1. The lowest BCUT2D eigenvalue weighted by atomic mass is 10.0. The maximum absolute atomic E-state index is 12.9. The van der Waals surface area contributed by atoms with Crippen molar-refractivity contribution in [1.29, 1.82) is 5.26 Å². The van der Waals surface area contributed by atoms with E-state index in [1.807, 2.05) is 6.07 Å². The van der Waals surface area contributed by atoms with Crippen LogP contribution in [-0.4, -0.2) is 87.8 Å². The molecule has 14 heteroatoms. The number of hydrogen-bond donors (Lipinski definition) is 3. The van der Waals surface area contributed by atoms with Crippen LogP contribution >= 0.6 is 11.3 Å². The van der Waals surface area contributed by atoms with Gasteiger partial charge in [0, 0.05) is 74.2 Å². The SMILES string of the molecule is Cc1c(CN2CCC(Nc3ncnc4sc(CC(F)(F)F)cc34)CC2)ccc2c1cc(C#N)n2CCN1CCN[C@H](C(N)=O)C1. The van der Waals surface area contributed by atoms with Crippen LogP contribution in [0.4, 0.5) is 19.0 Å². The number of anilines is 1. The van der Waals surface area contributed by atoms with Gasteiger partial charge in [0.15, 0.2) is 0 Å². The van der Waals surface area contributed by atoms with Crippen molar-refractivity contribution in [3.63, 3.8) is 0 Å². The topological polar surface area (TPSA) is 128 Å². The Bertz CT molecular complexity index is 1740. The molecule has 0 unspecified atom stereocenters. The van der Waals surface area contributed by atoms with Crippen LogP contribution in [0.3, 0.4) is 0 Å². The van der Waals surface area contributed by atoms with E-state index in [-0.39, 0.29) is 22.9 Å². The fourth-order valence-electron chi connectivity index (χ4n) is 6.45. The lowest BCUT2D eigenvalue weighted by Gasteiger charge is -2.33. The van der Waals surface area contributed by atoms with Gasteiger partial charge in [-0.15, -0.1) is 11.3 Å². The van der Waals surface area contributed by atoms with Gasteiger partial charge in [0.25, 0.3) is 0 Å². The molecule has 2 aliphatic rings. The average Bonchev–Trinajstić information content (AvgIpc) is 3.59. The third-order valence-electron chi connectivity index (χ3n) is 8.90. The number of hydrogen-bond acceptors (Lipinski definition) is 9. The van der Waals surface area contributed by atoms with Gasteiger partial charge in [-0.2, -0.15) is 18.4 Å². The lowest BCUT2D eigenvalue weighted by Crippen LogP contribution is -2.56. The molecule has 0 bridgehead atoms. The van der Waals surface area contributed by atoms with E-state index in [1.54, 1.807) is 6.07 Å². The second-order valence-corrected chi connectivity index (χ2v) is 13.0. The maximum atomic E-state index is 12.9. The molecule has 2 aliphatic heterocycles. The molecule has 2 fully saturated rings. The number of benzene rings is 1. The van der Waals surface area contributed by atoms with Crippen LogP contribution in [0.2, 0.25) is 0 Å². The van der Waals surface area contributed by atoms with Crippen molar-refractivity contribution in [2.75, 3.05) is 44.6 Å². The number of halogens is 3. The van der Waals surface area contributed by atoms with Crippen molar-refractivity contribution in [2.45, 2.75) is 57.5 Å². The van der Waals surface area contributed by atoms with Gasteiger partial charge < -0.3 is 20.9 Å². The summed E-state index contributed by atoms with van der Waals surface area (Å²) in [4.78, 5) is 25.6. The Balaban J connectivity index is 1.08. The molecule has 45 heavy (non-hydrogen) atoms. The summed E-state index contributed by atoms with van der Waals surface area (Å²) in [5, 5.41) is 18.2. The van der Waals surface area contributed by atoms with E-state index in [0.717, 1.165) is 73.4 Å². The Labute approximate surface area is 263 Å². The summed E-state index contributed by atoms with van der Waals surface area (Å²) < 4.78 is 40.8. The van der Waals surface area contributed by atoms with Gasteiger partial charge in [-0.25, -0.2) is 9.97 Å². The van der Waals surface area contributed by atoms with Crippen molar-refractivity contribution < 1.29 is 18.0 Å². The average molecular weight is 640 g/mol. The van der Waals surface area contributed by atoms with Crippen LogP contribution in [0.5, 0.6) is 0 Å². The van der Waals surface area contributed by atoms with E-state index >= 15 is 0 Å². The van der Waals surface area contributed by atoms with Crippen molar-refractivity contribution >= 4 is 44.2 Å². The van der Waals surface area contributed by atoms with E-state index in [2.05, 4.69) is 60.1 Å². The van der Waals surface area contributed by atoms with Crippen molar-refractivity contribution in [3.8, 4) is 6.07 Å². The minimum absolute atomic E-state index is 0.162. The molecule has 1 atom stereocenters. The highest BCUT2D eigenvalue weighted by Crippen LogP contribution is 2.33. The largest absolute Gasteiger partial charge is 0.393 e. The van der Waals surface area contributed by atoms with Crippen LogP contribution in [0.25, 0.3) is 21.1 Å². The molecule has 0 spiro atoms. The molecule has 10 nitrogen and oxygen atoms in total. The zero-order chi connectivity index (χ0) is 31.7. The van der Waals surface area contributed by atoms with Crippen LogP contribution in [0.15, 0.2) is 30.6 Å². The smallest absolute Gasteiger partial charge is 0.368 e. The fourth-order valence-corrected chi connectivity index (χ4v) is 7.47. The summed E-state index contributed by atoms with van der Waals surface area (Å²) in [6.45, 7) is 8.08. The van der Waals surface area contributed by atoms with Crippen molar-refractivity contribution in [3.05, 3.63) is 52.3 Å². The standard InChI is InChI=1S/C31H36F3N9OS/c1-19-20(2-3-27-24(19)12-22(15-35)43(27)11-10-42-9-6-37-26(17-42)28(36)44)16-41-7-4-21(5-8-41)40-29-25-13-23(14-31(32,33)34)45-30(25)39-18-38-29/h2-3,12-13,18,21,26,37H,4-11,14,16-17H2,1H3,(H2,36,44)(H,38,39,40)/t26-/m0/s1. The Morgan fingerprint density at radius 3 is 2.69 bits per heavy atom. The number of nitrogens with two attached hydrogens (primary N) is 1. The third-order valence-corrected chi connectivity index (χ3v) is 9.94. The second kappa shape index (κ2) is 12.9. The van der Waals surface area contributed by atoms with E-state index in [4.69, 9.17) is 5.73 Å². The number of fused-ring (bicyclic) bond motifs is 2. The molecule has 4 N–H and O–H groups in total. The lowest BCUT2D eigenvalue weighted by molar-refractivity contribution is -0.126. The van der Waals surface area contributed by atoms with Crippen LogP contribution < -0.4 is 16.4 Å². The van der Waals surface area contributed by atoms with Gasteiger partial charge >= 0.3 is 6.18 Å². The number of primary amides is 1. The van der Waals surface area contributed by atoms with Crippen LogP contribution in [-0.2, 0) is 24.3 Å². The molecule has 238 valence electrons. The van der Waals surface area contributed by atoms with Gasteiger partial charge in [0.05, 0.1) is 17.8 Å². The molecular formula is C31H36F3N9OS. The van der Waals surface area contributed by atoms with Crippen molar-refractivity contribution in [1.82, 2.24) is 29.7 Å². The zero-order valence-electron chi connectivity index (χ0n) is 25.0. The van der Waals surface area contributed by atoms with Gasteiger partial charge in [-0.3, -0.25) is 14.6 Å². The number of carbonyl (C=O) groups is 1. The Morgan fingerprint density at radius 1 is 1.16 bits per heavy atom. The summed E-state index contributed by atoms with van der Waals surface area (Å²) in [6.07, 6.45) is -2.06. The molecule has 6 rings (SSSR count). The predicted octanol–water partition coefficient (Wildman–Crippen LogP) is 3.77. The first-order valence-corrected chi connectivity index (χ1v) is 16.0. The monoisotopic (exact) mass is 639 g/mol. The van der Waals surface area contributed by atoms with Gasteiger partial charge in [0.1, 0.15) is 28.7 Å². The minimum Gasteiger partial charge on any atom is -0.368 e. The maximum Gasteiger partial charge on any atom is 0.393 e. The molecule has 5 heterocycles. The summed E-state index contributed by atoms with van der Waals surface area (Å²) in [5.74, 6) is 0.242. The second-order valence-electron chi connectivity index (χ2n) is 11.9. The van der Waals surface area contributed by atoms with E-state index in [9.17, 15) is 23.2 Å². The summed E-state index contributed by atoms with van der Waals surface area (Å²) in [5.41, 5.74) is 9.52. The number of likely N-dealkylation sites (tertiary alicyclic amines) is 1. The van der Waals surface area contributed by atoms with Gasteiger partial charge in [-0.1, -0.05) is 6.07 Å². The summed E-state index contributed by atoms with van der Waals surface area (Å²) >= 11 is 1.06. The molecule has 3 aromatic heterocycles. The summed E-state index contributed by atoms with van der Waals surface area (Å²) in [7, 11) is 0. The number of thiophene rings is 1. The molecule has 1 aromatic carbocycles. The number of aryl methyl sites for hydroxylation is 1. The highest BCUT2D eigenvalue weighted by molar-refractivity contribution is 7.18. The minimum atomic E-state index is -4.26. The third kappa shape index (κ3) is 7.06. The van der Waals surface area contributed by atoms with Gasteiger partial charge in [0.2, 0.25) is 5.91 Å². The van der Waals surface area contributed by atoms with Crippen molar-refractivity contribution in [2.24, 2.45) is 5.73 Å². The highest BCUT2D eigenvalue weighted by Gasteiger charge is 2.29. The molecule has 0 radical (unpaired) electrons. The number of rotatable bonds is 9. The molecule has 2 saturated heterocycles. The number of nitriles is 1. The van der Waals surface area contributed by atoms with E-state index in [1.165, 1.54) is 11.9 Å². The number of alkyl halides is 3. The van der Waals surface area contributed by atoms with Crippen LogP contribution in [0.1, 0.15) is 34.5 Å². The molecule has 0 aliphatic carbocycles. The quantitative estimate of drug-likeness (QED) is 0.253. The number of aromatic nitrogens is 3. The number of nitrogens with one attached hydrogen (secondary N) is 2. The zero-order valence-corrected chi connectivity index (χ0v) is 25.8. The number of piperidine rings is 1. The fraction of sp³-hybridized carbons (Fsp3) is 0.484. The van der Waals surface area contributed by atoms with E-state index < -0.39 is 12.6 Å². The predicted molar refractivity (Wildman–Crippen MR) is 168 cm³/mol. The summed E-state index contributed by atoms with van der Waals surface area (Å²) in [6, 6.07) is 9.95. The first-order chi connectivity index (χ1) is 21.6. The molecular weight excluding hydrogens is 603 g/mol. The molecule has 0 saturated carbocycles. The number of piperazine rings is 1. The molecule has 1 amide bonds. The Morgan fingerprint density at radius 2 is 1.96 bits per heavy atom. The normalized spacial score (nSPS) is 18.9. The number of amides is 1. The highest BCUT2D eigenvalue weighted by atomic mass is 32.1. The van der Waals surface area contributed by atoms with Crippen LogP contribution in [0, 0.1) is 18.3 Å². The first-order valence-electron chi connectivity index (χ1n) is 15.1. The Kier molecular flexibility index (Phi) is 8.96. The first kappa shape index (κ1) is 31.2. The van der Waals surface area contributed by atoms with Gasteiger partial charge in [-0.05, 0) is 49.1 Å². The number of nitrogens with zero attached hydrogens (tertiary/aromatic N) is 6. The Hall–Kier alpha value is -3.77. The molecule has 4 aromatic rings. The van der Waals surface area contributed by atoms with E-state index in [0.29, 0.717) is 41.4 Å².